The number of tetrazole rings is 1. The Morgan fingerprint density at radius 1 is 1.29 bits per heavy atom. The molecule has 41 heavy (non-hydrogen) atoms. The van der Waals surface area contributed by atoms with Crippen molar-refractivity contribution in [2.75, 3.05) is 26.2 Å². The maximum atomic E-state index is 13.2. The van der Waals surface area contributed by atoms with Crippen LogP contribution in [0, 0.1) is 23.2 Å². The number of nitriles is 1. The summed E-state index contributed by atoms with van der Waals surface area (Å²) < 4.78 is 0. The minimum absolute atomic E-state index is 0.0145. The summed E-state index contributed by atoms with van der Waals surface area (Å²) in [6.45, 7) is 8.65. The normalized spacial score (nSPS) is 28.6. The number of amides is 2. The van der Waals surface area contributed by atoms with Crippen LogP contribution in [0.15, 0.2) is 41.5 Å². The van der Waals surface area contributed by atoms with Gasteiger partial charge in [0.2, 0.25) is 5.91 Å². The van der Waals surface area contributed by atoms with Crippen LogP contribution in [0.3, 0.4) is 0 Å². The number of likely N-dealkylation sites (tertiary alicyclic amines) is 2. The van der Waals surface area contributed by atoms with Gasteiger partial charge in [0.25, 0.3) is 5.91 Å². The van der Waals surface area contributed by atoms with Crippen molar-refractivity contribution in [3.63, 3.8) is 0 Å². The standard InChI is InChI=1S/C31H38N8O2/c1-4-6-21-7-8-22-15-23(29(41)38-13-5-14-38)9-10-26(22)31(20(21)3,30-34-36-37-35-30)11-12-33-18-27(40)39-24(17-32)16-25-19(2)28(25)39/h4,6,9-10,15,19,24-25,28,33H,5,7-8,11-14,16,18H2,1-3H3,(H,34,35,36,37)/b6-4-/t19-,24?,25?,28?,31?/m0/s1. The number of piperidine rings is 1. The van der Waals surface area contributed by atoms with E-state index in [9.17, 15) is 14.9 Å². The summed E-state index contributed by atoms with van der Waals surface area (Å²) in [5, 5.41) is 28.6. The molecular weight excluding hydrogens is 516 g/mol. The fourth-order valence-electron chi connectivity index (χ4n) is 7.39. The van der Waals surface area contributed by atoms with Gasteiger partial charge in [0.1, 0.15) is 6.04 Å². The number of fused-ring (bicyclic) bond motifs is 2. The average Bonchev–Trinajstić information content (AvgIpc) is 3.32. The molecule has 10 nitrogen and oxygen atoms in total. The van der Waals surface area contributed by atoms with Crippen LogP contribution in [-0.2, 0) is 16.6 Å². The van der Waals surface area contributed by atoms with Crippen molar-refractivity contribution in [3.8, 4) is 6.07 Å². The Kier molecular flexibility index (Phi) is 7.24. The Labute approximate surface area is 240 Å². The summed E-state index contributed by atoms with van der Waals surface area (Å²) in [5.41, 5.74) is 4.56. The van der Waals surface area contributed by atoms with Crippen LogP contribution in [-0.4, -0.2) is 80.5 Å². The SMILES string of the molecule is C/C=C\C1=C(C)C(CCNCC(=O)N2C(C#N)CC3C2[C@H]3C)(c2nn[nH]n2)c2ccc(C(=O)N3CCC3)cc2CC1. The Morgan fingerprint density at radius 2 is 2.12 bits per heavy atom. The second kappa shape index (κ2) is 10.9. The van der Waals surface area contributed by atoms with Crippen molar-refractivity contribution in [1.29, 1.82) is 5.26 Å². The van der Waals surface area contributed by atoms with Crippen LogP contribution in [0.4, 0.5) is 0 Å². The van der Waals surface area contributed by atoms with Crippen molar-refractivity contribution in [3.05, 3.63) is 64.0 Å². The number of aromatic nitrogens is 4. The second-order valence-corrected chi connectivity index (χ2v) is 11.9. The minimum atomic E-state index is -0.693. The zero-order valence-corrected chi connectivity index (χ0v) is 24.1. The monoisotopic (exact) mass is 554 g/mol. The summed E-state index contributed by atoms with van der Waals surface area (Å²) in [7, 11) is 0. The fraction of sp³-hybridized carbons (Fsp3) is 0.548. The van der Waals surface area contributed by atoms with Crippen LogP contribution in [0.25, 0.3) is 0 Å². The number of aromatic amines is 1. The van der Waals surface area contributed by atoms with Crippen molar-refractivity contribution < 1.29 is 9.59 Å². The number of carbonyl (C=O) groups is 2. The summed E-state index contributed by atoms with van der Waals surface area (Å²) in [4.78, 5) is 30.0. The third kappa shape index (κ3) is 4.56. The first-order chi connectivity index (χ1) is 19.9. The molecule has 1 saturated carbocycles. The molecule has 2 amide bonds. The molecule has 1 aromatic heterocycles. The molecule has 6 rings (SSSR count). The highest BCUT2D eigenvalue weighted by Gasteiger charge is 2.60. The largest absolute Gasteiger partial charge is 0.339 e. The van der Waals surface area contributed by atoms with Gasteiger partial charge in [-0.2, -0.15) is 10.5 Å². The second-order valence-electron chi connectivity index (χ2n) is 11.9. The predicted octanol–water partition coefficient (Wildman–Crippen LogP) is 2.91. The number of H-pyrrole nitrogens is 1. The smallest absolute Gasteiger partial charge is 0.253 e. The lowest BCUT2D eigenvalue weighted by Gasteiger charge is -2.35. The molecule has 4 unspecified atom stereocenters. The number of hydrogen-bond donors (Lipinski definition) is 2. The molecular formula is C31H38N8O2. The van der Waals surface area contributed by atoms with Crippen LogP contribution in [0.2, 0.25) is 0 Å². The predicted molar refractivity (Wildman–Crippen MR) is 153 cm³/mol. The van der Waals surface area contributed by atoms with Gasteiger partial charge in [-0.15, -0.1) is 10.2 Å². The molecule has 2 aliphatic heterocycles. The van der Waals surface area contributed by atoms with Gasteiger partial charge in [0.15, 0.2) is 5.82 Å². The molecule has 2 N–H and O–H groups in total. The number of benzene rings is 1. The fourth-order valence-corrected chi connectivity index (χ4v) is 7.39. The molecule has 2 aromatic rings. The van der Waals surface area contributed by atoms with Crippen LogP contribution in [0.5, 0.6) is 0 Å². The lowest BCUT2D eigenvalue weighted by atomic mass is 9.69. The Balaban J connectivity index is 1.30. The minimum Gasteiger partial charge on any atom is -0.339 e. The highest BCUT2D eigenvalue weighted by molar-refractivity contribution is 5.95. The van der Waals surface area contributed by atoms with Crippen LogP contribution in [0.1, 0.15) is 73.8 Å². The molecule has 3 fully saturated rings. The van der Waals surface area contributed by atoms with Gasteiger partial charge < -0.3 is 15.1 Å². The van der Waals surface area contributed by atoms with Crippen LogP contribution < -0.4 is 5.32 Å². The number of aryl methyl sites for hydroxylation is 1. The number of nitrogens with zero attached hydrogens (tertiary/aromatic N) is 6. The van der Waals surface area contributed by atoms with Gasteiger partial charge >= 0.3 is 0 Å². The first kappa shape index (κ1) is 27.3. The highest BCUT2D eigenvalue weighted by atomic mass is 16.2. The van der Waals surface area contributed by atoms with E-state index in [1.54, 1.807) is 0 Å². The Hall–Kier alpha value is -3.84. The van der Waals surface area contributed by atoms with Crippen LogP contribution >= 0.6 is 0 Å². The summed E-state index contributed by atoms with van der Waals surface area (Å²) in [5.74, 6) is 1.58. The molecule has 0 bridgehead atoms. The lowest BCUT2D eigenvalue weighted by molar-refractivity contribution is -0.131. The third-order valence-corrected chi connectivity index (χ3v) is 9.89. The van der Waals surface area contributed by atoms with Crippen molar-refractivity contribution >= 4 is 11.8 Å². The third-order valence-electron chi connectivity index (χ3n) is 9.89. The van der Waals surface area contributed by atoms with E-state index < -0.39 is 5.41 Å². The zero-order valence-electron chi connectivity index (χ0n) is 24.1. The van der Waals surface area contributed by atoms with Crippen molar-refractivity contribution in [1.82, 2.24) is 35.7 Å². The van der Waals surface area contributed by atoms with E-state index >= 15 is 0 Å². The van der Waals surface area contributed by atoms with E-state index in [2.05, 4.69) is 70.1 Å². The molecule has 3 heterocycles. The van der Waals surface area contributed by atoms with Crippen molar-refractivity contribution in [2.24, 2.45) is 11.8 Å². The first-order valence-electron chi connectivity index (χ1n) is 14.8. The number of allylic oxidation sites excluding steroid dienone is 4. The Morgan fingerprint density at radius 3 is 2.80 bits per heavy atom. The molecule has 2 saturated heterocycles. The van der Waals surface area contributed by atoms with E-state index in [-0.39, 0.29) is 30.4 Å². The van der Waals surface area contributed by atoms with Gasteiger partial charge in [-0.3, -0.25) is 9.59 Å². The number of rotatable bonds is 8. The topological polar surface area (TPSA) is 131 Å². The van der Waals surface area contributed by atoms with E-state index in [0.29, 0.717) is 36.2 Å². The number of hydrogen-bond acceptors (Lipinski definition) is 7. The van der Waals surface area contributed by atoms with Gasteiger partial charge in [-0.05, 0) is 93.2 Å². The van der Waals surface area contributed by atoms with Gasteiger partial charge in [0, 0.05) is 24.7 Å². The van der Waals surface area contributed by atoms with E-state index in [0.717, 1.165) is 55.5 Å². The number of nitrogens with one attached hydrogen (secondary N) is 2. The molecule has 10 heteroatoms. The molecule has 1 aromatic carbocycles. The summed E-state index contributed by atoms with van der Waals surface area (Å²) in [6, 6.07) is 8.26. The summed E-state index contributed by atoms with van der Waals surface area (Å²) in [6.07, 6.45) is 8.28. The molecule has 4 aliphatic rings. The van der Waals surface area contributed by atoms with E-state index in [1.165, 1.54) is 5.57 Å². The van der Waals surface area contributed by atoms with E-state index in [1.807, 2.05) is 22.8 Å². The van der Waals surface area contributed by atoms with Gasteiger partial charge in [0.05, 0.1) is 18.0 Å². The molecule has 2 aliphatic carbocycles. The molecule has 0 radical (unpaired) electrons. The molecule has 0 spiro atoms. The molecule has 5 atom stereocenters. The Bertz CT molecular complexity index is 1440. The summed E-state index contributed by atoms with van der Waals surface area (Å²) >= 11 is 0. The lowest BCUT2D eigenvalue weighted by Crippen LogP contribution is -2.44. The number of carbonyl (C=O) groups excluding carboxylic acids is 2. The molecule has 214 valence electrons. The highest BCUT2D eigenvalue weighted by Crippen LogP contribution is 2.53. The first-order valence-corrected chi connectivity index (χ1v) is 14.8. The quantitative estimate of drug-likeness (QED) is 0.480. The van der Waals surface area contributed by atoms with E-state index in [4.69, 9.17) is 0 Å². The zero-order chi connectivity index (χ0) is 28.7. The average molecular weight is 555 g/mol. The maximum absolute atomic E-state index is 13.2. The van der Waals surface area contributed by atoms with Gasteiger partial charge in [-0.25, -0.2) is 0 Å². The van der Waals surface area contributed by atoms with Crippen molar-refractivity contribution in [2.45, 2.75) is 70.4 Å². The van der Waals surface area contributed by atoms with Gasteiger partial charge in [-0.1, -0.05) is 35.9 Å². The maximum Gasteiger partial charge on any atom is 0.253 e.